The van der Waals surface area contributed by atoms with E-state index in [1.807, 2.05) is 24.3 Å². The Morgan fingerprint density at radius 2 is 1.90 bits per heavy atom. The molecule has 1 aromatic heterocycles. The highest BCUT2D eigenvalue weighted by atomic mass is 16.5. The van der Waals surface area contributed by atoms with Crippen LogP contribution in [0.3, 0.4) is 0 Å². The number of fused-ring (bicyclic) bond motifs is 1. The largest absolute Gasteiger partial charge is 0.480 e. The number of hydrogen-bond donors (Lipinski definition) is 1. The number of nitrogens with one attached hydrogen (secondary N) is 1. The Hall–Kier alpha value is -2.74. The highest BCUT2D eigenvalue weighted by Gasteiger charge is 2.35. The van der Waals surface area contributed by atoms with Crippen LogP contribution in [-0.4, -0.2) is 78.5 Å². The number of nitrogens with zero attached hydrogens (tertiary/aromatic N) is 4. The summed E-state index contributed by atoms with van der Waals surface area (Å²) in [5.41, 5.74) is 2.24. The topological polar surface area (TPSA) is 87.7 Å². The molecule has 0 spiro atoms. The number of likely N-dealkylation sites (tertiary alicyclic amines) is 2. The number of rotatable bonds is 7. The number of ether oxygens (including phenoxy) is 1. The van der Waals surface area contributed by atoms with E-state index in [1.165, 1.54) is 0 Å². The average molecular weight is 412 g/mol. The number of hydrogen-bond acceptors (Lipinski definition) is 6. The molecule has 0 saturated carbocycles. The third-order valence-corrected chi connectivity index (χ3v) is 6.03. The van der Waals surface area contributed by atoms with E-state index in [1.54, 1.807) is 12.0 Å². The lowest BCUT2D eigenvalue weighted by atomic mass is 9.97. The molecule has 2 aromatic rings. The summed E-state index contributed by atoms with van der Waals surface area (Å²) in [6.45, 7) is 3.86. The van der Waals surface area contributed by atoms with Crippen LogP contribution in [0, 0.1) is 11.8 Å². The molecule has 2 aliphatic rings. The minimum atomic E-state index is -0.0944. The number of aryl methyl sites for hydroxylation is 1. The van der Waals surface area contributed by atoms with Crippen LogP contribution in [-0.2, 0) is 16.0 Å². The Balaban J connectivity index is 1.24. The van der Waals surface area contributed by atoms with Crippen LogP contribution in [0.2, 0.25) is 0 Å². The van der Waals surface area contributed by atoms with Crippen molar-refractivity contribution in [3.8, 4) is 5.88 Å². The van der Waals surface area contributed by atoms with Gasteiger partial charge in [-0.1, -0.05) is 12.1 Å². The van der Waals surface area contributed by atoms with E-state index in [4.69, 9.17) is 4.74 Å². The van der Waals surface area contributed by atoms with Crippen molar-refractivity contribution in [1.82, 2.24) is 25.1 Å². The first-order chi connectivity index (χ1) is 14.5. The molecule has 3 heterocycles. The number of aromatic nitrogens is 2. The minimum Gasteiger partial charge on any atom is -0.480 e. The molecule has 8 nitrogen and oxygen atoms in total. The second-order valence-electron chi connectivity index (χ2n) is 8.33. The van der Waals surface area contributed by atoms with Gasteiger partial charge in [-0.15, -0.1) is 0 Å². The van der Waals surface area contributed by atoms with Gasteiger partial charge in [0.1, 0.15) is 5.69 Å². The van der Waals surface area contributed by atoms with Crippen LogP contribution in [0.15, 0.2) is 24.3 Å². The Morgan fingerprint density at radius 3 is 2.57 bits per heavy atom. The fourth-order valence-electron chi connectivity index (χ4n) is 4.16. The highest BCUT2D eigenvalue weighted by molar-refractivity contribution is 5.84. The highest BCUT2D eigenvalue weighted by Crippen LogP contribution is 2.22. The van der Waals surface area contributed by atoms with Gasteiger partial charge >= 0.3 is 0 Å². The van der Waals surface area contributed by atoms with E-state index in [-0.39, 0.29) is 17.7 Å². The van der Waals surface area contributed by atoms with Gasteiger partial charge in [-0.2, -0.15) is 0 Å². The van der Waals surface area contributed by atoms with Gasteiger partial charge in [0.05, 0.1) is 24.1 Å². The van der Waals surface area contributed by atoms with Gasteiger partial charge in [-0.25, -0.2) is 9.97 Å². The molecule has 1 unspecified atom stereocenters. The Labute approximate surface area is 176 Å². The van der Waals surface area contributed by atoms with Gasteiger partial charge in [0, 0.05) is 39.0 Å². The summed E-state index contributed by atoms with van der Waals surface area (Å²) in [7, 11) is 3.67. The fraction of sp³-hybridized carbons (Fsp3) is 0.545. The van der Waals surface area contributed by atoms with Crippen LogP contribution >= 0.6 is 0 Å². The number of carbonyl (C=O) groups is 2. The van der Waals surface area contributed by atoms with Crippen molar-refractivity contribution < 1.29 is 14.3 Å². The Bertz CT molecular complexity index is 928. The maximum Gasteiger partial charge on any atom is 0.235 e. The number of para-hydroxylation sites is 2. The van der Waals surface area contributed by atoms with E-state index in [0.29, 0.717) is 43.4 Å². The van der Waals surface area contributed by atoms with Crippen LogP contribution in [0.1, 0.15) is 18.5 Å². The Kier molecular flexibility index (Phi) is 6.13. The third-order valence-electron chi connectivity index (χ3n) is 6.03. The van der Waals surface area contributed by atoms with Crippen LogP contribution in [0.5, 0.6) is 5.88 Å². The first-order valence-electron chi connectivity index (χ1n) is 10.6. The van der Waals surface area contributed by atoms with Crippen LogP contribution in [0.25, 0.3) is 11.0 Å². The lowest BCUT2D eigenvalue weighted by Crippen LogP contribution is -2.56. The second kappa shape index (κ2) is 8.95. The predicted octanol–water partition coefficient (Wildman–Crippen LogP) is 1.10. The van der Waals surface area contributed by atoms with Crippen molar-refractivity contribution in [3.63, 3.8) is 0 Å². The van der Waals surface area contributed by atoms with Crippen molar-refractivity contribution in [3.05, 3.63) is 30.0 Å². The van der Waals surface area contributed by atoms with Crippen LogP contribution in [0.4, 0.5) is 0 Å². The molecule has 1 aromatic carbocycles. The van der Waals surface area contributed by atoms with Gasteiger partial charge in [0.25, 0.3) is 0 Å². The Morgan fingerprint density at radius 1 is 1.17 bits per heavy atom. The summed E-state index contributed by atoms with van der Waals surface area (Å²) in [5.74, 6) is 1.00. The standard InChI is InChI=1S/C22H29N5O3/c1-26-10-9-15(12-26)11-23-21(29)16-13-27(14-16)20(28)8-7-19-22(30-2)25-18-6-4-3-5-17(18)24-19/h3-6,15-16H,7-14H2,1-2H3,(H,23,29). The van der Waals surface area contributed by atoms with Gasteiger partial charge in [0.15, 0.2) is 0 Å². The first-order valence-corrected chi connectivity index (χ1v) is 10.6. The normalized spacial score (nSPS) is 19.7. The van der Waals surface area contributed by atoms with Gasteiger partial charge in [-0.05, 0) is 38.1 Å². The monoisotopic (exact) mass is 411 g/mol. The lowest BCUT2D eigenvalue weighted by Gasteiger charge is -2.38. The van der Waals surface area contributed by atoms with Crippen molar-refractivity contribution >= 4 is 22.8 Å². The van der Waals surface area contributed by atoms with Crippen molar-refractivity contribution in [2.75, 3.05) is 46.9 Å². The first kappa shape index (κ1) is 20.5. The molecule has 2 fully saturated rings. The molecule has 8 heteroatoms. The lowest BCUT2D eigenvalue weighted by molar-refractivity contribution is -0.143. The minimum absolute atomic E-state index is 0.0356. The van der Waals surface area contributed by atoms with E-state index in [2.05, 4.69) is 27.2 Å². The summed E-state index contributed by atoms with van der Waals surface area (Å²) in [6.07, 6.45) is 1.92. The molecular formula is C22H29N5O3. The molecule has 0 bridgehead atoms. The van der Waals surface area contributed by atoms with E-state index < -0.39 is 0 Å². The quantitative estimate of drug-likeness (QED) is 0.734. The van der Waals surface area contributed by atoms with Gasteiger partial charge in [-0.3, -0.25) is 9.59 Å². The molecule has 1 atom stereocenters. The van der Waals surface area contributed by atoms with E-state index >= 15 is 0 Å². The summed E-state index contributed by atoms with van der Waals surface area (Å²) in [6, 6.07) is 7.60. The summed E-state index contributed by atoms with van der Waals surface area (Å²) >= 11 is 0. The second-order valence-corrected chi connectivity index (χ2v) is 8.33. The SMILES string of the molecule is COc1nc2ccccc2nc1CCC(=O)N1CC(C(=O)NCC2CCN(C)C2)C1. The summed E-state index contributed by atoms with van der Waals surface area (Å²) in [4.78, 5) is 38.0. The molecule has 4 rings (SSSR count). The zero-order valence-corrected chi connectivity index (χ0v) is 17.6. The van der Waals surface area contributed by atoms with Crippen molar-refractivity contribution in [2.24, 2.45) is 11.8 Å². The number of carbonyl (C=O) groups excluding carboxylic acids is 2. The van der Waals surface area contributed by atoms with Gasteiger partial charge < -0.3 is 19.9 Å². The molecule has 2 amide bonds. The predicted molar refractivity (Wildman–Crippen MR) is 113 cm³/mol. The number of amides is 2. The molecule has 2 saturated heterocycles. The van der Waals surface area contributed by atoms with Crippen molar-refractivity contribution in [1.29, 1.82) is 0 Å². The molecule has 0 aliphatic carbocycles. The zero-order valence-electron chi connectivity index (χ0n) is 17.6. The summed E-state index contributed by atoms with van der Waals surface area (Å²) in [5, 5.41) is 3.06. The fourth-order valence-corrected chi connectivity index (χ4v) is 4.16. The number of benzene rings is 1. The molecule has 160 valence electrons. The molecule has 30 heavy (non-hydrogen) atoms. The molecular weight excluding hydrogens is 382 g/mol. The summed E-state index contributed by atoms with van der Waals surface area (Å²) < 4.78 is 5.36. The smallest absolute Gasteiger partial charge is 0.235 e. The maximum absolute atomic E-state index is 12.5. The molecule has 1 N–H and O–H groups in total. The number of methoxy groups -OCH3 is 1. The average Bonchev–Trinajstić information content (AvgIpc) is 3.14. The molecule has 0 radical (unpaired) electrons. The van der Waals surface area contributed by atoms with Crippen LogP contribution < -0.4 is 10.1 Å². The molecule has 2 aliphatic heterocycles. The maximum atomic E-state index is 12.5. The van der Waals surface area contributed by atoms with E-state index in [9.17, 15) is 9.59 Å². The zero-order chi connectivity index (χ0) is 21.1. The van der Waals surface area contributed by atoms with Crippen molar-refractivity contribution in [2.45, 2.75) is 19.3 Å². The van der Waals surface area contributed by atoms with E-state index in [0.717, 1.165) is 37.1 Å². The van der Waals surface area contributed by atoms with Gasteiger partial charge in [0.2, 0.25) is 17.7 Å². The third kappa shape index (κ3) is 4.53.